The first-order valence-electron chi connectivity index (χ1n) is 23.3. The summed E-state index contributed by atoms with van der Waals surface area (Å²) in [5, 5.41) is 55.8. The van der Waals surface area contributed by atoms with Crippen molar-refractivity contribution < 1.29 is 39.4 Å². The number of ether oxygens (including phenoxy) is 4. The van der Waals surface area contributed by atoms with Crippen LogP contribution in [0.1, 0.15) is 97.3 Å². The fraction of sp³-hybridized carbons (Fsp3) is 0.481. The van der Waals surface area contributed by atoms with Gasteiger partial charge in [0.05, 0.1) is 38.0 Å². The molecule has 4 aromatic carbocycles. The molecule has 4 aliphatic heterocycles. The third kappa shape index (κ3) is 8.34. The average Bonchev–Trinajstić information content (AvgIpc) is 3.77. The Balaban J connectivity index is 1.17. The lowest BCUT2D eigenvalue weighted by Gasteiger charge is -2.49. The second kappa shape index (κ2) is 18.4. The maximum absolute atomic E-state index is 11.0. The summed E-state index contributed by atoms with van der Waals surface area (Å²) in [5.74, 6) is 9.07. The minimum Gasteiger partial charge on any atom is -0.508 e. The van der Waals surface area contributed by atoms with Crippen LogP contribution in [-0.4, -0.2) is 90.0 Å². The number of rotatable bonds is 12. The lowest BCUT2D eigenvalue weighted by Crippen LogP contribution is -2.62. The van der Waals surface area contributed by atoms with Gasteiger partial charge in [-0.05, 0) is 121 Å². The molecule has 1 saturated carbocycles. The summed E-state index contributed by atoms with van der Waals surface area (Å²) in [6, 6.07) is 17.4. The van der Waals surface area contributed by atoms with Crippen LogP contribution in [0.4, 0.5) is 0 Å². The molecule has 0 unspecified atom stereocenters. The lowest BCUT2D eigenvalue weighted by atomic mass is 9.69. The van der Waals surface area contributed by atoms with Gasteiger partial charge in [0.2, 0.25) is 0 Å². The second-order valence-electron chi connectivity index (χ2n) is 18.5. The maximum atomic E-state index is 11.0. The highest BCUT2D eigenvalue weighted by molar-refractivity contribution is 5.85. The van der Waals surface area contributed by atoms with Gasteiger partial charge in [0.25, 0.3) is 0 Å². The van der Waals surface area contributed by atoms with Gasteiger partial charge in [-0.25, -0.2) is 0 Å². The Kier molecular flexibility index (Phi) is 12.3. The van der Waals surface area contributed by atoms with E-state index in [1.165, 1.54) is 24.8 Å². The molecular formula is C52H60N4O8. The molecule has 7 N–H and O–H groups in total. The van der Waals surface area contributed by atoms with Crippen LogP contribution in [0.5, 0.6) is 28.7 Å². The minimum atomic E-state index is -1.14. The number of benzene rings is 4. The number of fused-ring (bicyclic) bond motifs is 13. The number of phenolic OH excluding ortho intramolecular Hbond substituents is 2. The molecular weight excluding hydrogens is 809 g/mol. The number of hydrogen-bond donors (Lipinski definition) is 7. The van der Waals surface area contributed by atoms with Crippen molar-refractivity contribution in [3.05, 3.63) is 98.6 Å². The zero-order chi connectivity index (χ0) is 43.8. The molecule has 2 aliphatic carbocycles. The Bertz CT molecular complexity index is 2580. The van der Waals surface area contributed by atoms with Crippen molar-refractivity contribution in [2.45, 2.75) is 119 Å². The van der Waals surface area contributed by atoms with E-state index >= 15 is 0 Å². The fourth-order valence-corrected chi connectivity index (χ4v) is 10.9. The summed E-state index contributed by atoms with van der Waals surface area (Å²) < 4.78 is 28.0. The van der Waals surface area contributed by atoms with Crippen molar-refractivity contribution in [1.82, 2.24) is 16.0 Å². The van der Waals surface area contributed by atoms with Crippen molar-refractivity contribution >= 4 is 6.08 Å². The lowest BCUT2D eigenvalue weighted by molar-refractivity contribution is -0.144. The summed E-state index contributed by atoms with van der Waals surface area (Å²) >= 11 is 0. The van der Waals surface area contributed by atoms with Crippen LogP contribution >= 0.6 is 0 Å². The van der Waals surface area contributed by atoms with Gasteiger partial charge in [0.15, 0.2) is 17.6 Å². The van der Waals surface area contributed by atoms with E-state index in [2.05, 4.69) is 57.1 Å². The van der Waals surface area contributed by atoms with Gasteiger partial charge in [-0.1, -0.05) is 55.4 Å². The van der Waals surface area contributed by atoms with Gasteiger partial charge in [0.1, 0.15) is 35.0 Å². The van der Waals surface area contributed by atoms with Crippen LogP contribution in [0.25, 0.3) is 17.2 Å². The SMILES string of the molecule is C[C@H](O)CNCN[C@H]1C#CCCOc2cc(ccc2O)[C@H]2Oc3c(c4c(c5c3CC[C@@H](CO)O5)-c3ccc(O)cc3[C@H](Cc3ccc5c(c3)=CCN=5)C4)C[C@]12OCNC1CCCCC1. The molecule has 0 saturated heterocycles. The maximum Gasteiger partial charge on any atom is 0.161 e. The monoisotopic (exact) mass is 868 g/mol. The van der Waals surface area contributed by atoms with E-state index in [0.717, 1.165) is 74.5 Å². The predicted octanol–water partition coefficient (Wildman–Crippen LogP) is 4.73. The molecule has 0 radical (unpaired) electrons. The van der Waals surface area contributed by atoms with E-state index in [-0.39, 0.29) is 43.5 Å². The highest BCUT2D eigenvalue weighted by Crippen LogP contribution is 2.58. The number of aliphatic hydroxyl groups is 2. The Labute approximate surface area is 374 Å². The fourth-order valence-electron chi connectivity index (χ4n) is 10.9. The van der Waals surface area contributed by atoms with Crippen molar-refractivity contribution in [2.24, 2.45) is 4.99 Å². The first kappa shape index (κ1) is 42.8. The summed E-state index contributed by atoms with van der Waals surface area (Å²) in [7, 11) is 0. The van der Waals surface area contributed by atoms with Gasteiger partial charge in [-0.15, -0.1) is 0 Å². The number of nitrogens with one attached hydrogen (secondary N) is 3. The molecule has 0 amide bonds. The first-order chi connectivity index (χ1) is 31.3. The van der Waals surface area contributed by atoms with E-state index in [0.29, 0.717) is 69.4 Å². The molecule has 4 aromatic rings. The summed E-state index contributed by atoms with van der Waals surface area (Å²) in [4.78, 5) is 4.63. The first-order valence-corrected chi connectivity index (χ1v) is 23.3. The number of hydrogen-bond acceptors (Lipinski definition) is 12. The van der Waals surface area contributed by atoms with Gasteiger partial charge in [-0.3, -0.25) is 15.6 Å². The van der Waals surface area contributed by atoms with Crippen LogP contribution < -0.4 is 40.7 Å². The normalized spacial score (nSPS) is 24.7. The molecule has 64 heavy (non-hydrogen) atoms. The molecule has 0 aromatic heterocycles. The molecule has 6 aliphatic rings. The van der Waals surface area contributed by atoms with Crippen LogP contribution in [0.2, 0.25) is 0 Å². The predicted molar refractivity (Wildman–Crippen MR) is 243 cm³/mol. The topological polar surface area (TPSA) is 166 Å². The number of nitrogens with zero attached hydrogens (tertiary/aromatic N) is 1. The van der Waals surface area contributed by atoms with Crippen LogP contribution in [0, 0.1) is 11.8 Å². The van der Waals surface area contributed by atoms with E-state index in [4.69, 9.17) is 18.9 Å². The molecule has 1 fully saturated rings. The number of aliphatic hydroxyl groups excluding tert-OH is 2. The molecule has 2 bridgehead atoms. The van der Waals surface area contributed by atoms with Crippen molar-refractivity contribution in [2.75, 3.05) is 39.7 Å². The number of aromatic hydroxyl groups is 2. The van der Waals surface area contributed by atoms with Gasteiger partial charge < -0.3 is 44.7 Å². The van der Waals surface area contributed by atoms with Crippen LogP contribution in [0.3, 0.4) is 0 Å². The Hall–Kier alpha value is -5.13. The smallest absolute Gasteiger partial charge is 0.161 e. The molecule has 10 rings (SSSR count). The summed E-state index contributed by atoms with van der Waals surface area (Å²) in [5.41, 5.74) is 6.95. The third-order valence-electron chi connectivity index (χ3n) is 14.1. The Morgan fingerprint density at radius 1 is 0.953 bits per heavy atom. The largest absolute Gasteiger partial charge is 0.508 e. The average molecular weight is 869 g/mol. The molecule has 12 nitrogen and oxygen atoms in total. The number of phenols is 2. The van der Waals surface area contributed by atoms with Crippen molar-refractivity contribution in [3.8, 4) is 51.7 Å². The Morgan fingerprint density at radius 2 is 1.84 bits per heavy atom. The van der Waals surface area contributed by atoms with Gasteiger partial charge >= 0.3 is 0 Å². The van der Waals surface area contributed by atoms with E-state index in [1.54, 1.807) is 19.1 Å². The minimum absolute atomic E-state index is 0.00400. The second-order valence-corrected chi connectivity index (χ2v) is 18.5. The van der Waals surface area contributed by atoms with E-state index < -0.39 is 23.9 Å². The highest BCUT2D eigenvalue weighted by atomic mass is 16.6. The van der Waals surface area contributed by atoms with Crippen molar-refractivity contribution in [3.63, 3.8) is 0 Å². The van der Waals surface area contributed by atoms with Gasteiger partial charge in [-0.2, -0.15) is 0 Å². The summed E-state index contributed by atoms with van der Waals surface area (Å²) in [6.07, 6.45) is 9.76. The van der Waals surface area contributed by atoms with Crippen molar-refractivity contribution in [1.29, 1.82) is 0 Å². The zero-order valence-corrected chi connectivity index (χ0v) is 36.6. The summed E-state index contributed by atoms with van der Waals surface area (Å²) in [6.45, 7) is 3.63. The highest BCUT2D eigenvalue weighted by Gasteiger charge is 2.54. The van der Waals surface area contributed by atoms with Crippen LogP contribution in [-0.2, 0) is 30.4 Å². The Morgan fingerprint density at radius 3 is 2.70 bits per heavy atom. The van der Waals surface area contributed by atoms with Crippen LogP contribution in [0.15, 0.2) is 59.6 Å². The zero-order valence-electron chi connectivity index (χ0n) is 36.6. The molecule has 4 heterocycles. The van der Waals surface area contributed by atoms with E-state index in [1.807, 2.05) is 24.3 Å². The molecule has 12 heteroatoms. The quantitative estimate of drug-likeness (QED) is 0.0599. The third-order valence-corrected chi connectivity index (χ3v) is 14.1. The molecule has 0 spiro atoms. The molecule has 6 atom stereocenters. The van der Waals surface area contributed by atoms with E-state index in [9.17, 15) is 20.4 Å². The molecule has 336 valence electrons. The standard InChI is InChI=1S/C52H60N4O8/c1-31(58)27-53-29-55-47-9-5-6-20-61-46-24-34(11-17-45(46)60)51-52(47,62-30-56-36-7-3-2-4-8-36)26-43-42-23-35(22-32-10-16-44-33(21-32)18-19-54-44)41-25-37(59)12-14-39(41)48(42)50-40(49(43)64-51)15-13-38(28-57)63-50/h10-12,14,16-18,21,24-25,31,35-36,38,47,51,53,55-60H,2-4,6-8,13,15,19-20,22-23,26-30H2,1H3/t31-,35+,38-,47-,51+,52-/m0/s1. The van der Waals surface area contributed by atoms with Gasteiger partial charge in [0, 0.05) is 48.8 Å².